The van der Waals surface area contributed by atoms with Gasteiger partial charge in [0.2, 0.25) is 0 Å². The number of nitrogens with zero attached hydrogens (tertiary/aromatic N) is 2. The van der Waals surface area contributed by atoms with Crippen LogP contribution in [0.3, 0.4) is 0 Å². The minimum absolute atomic E-state index is 0.470. The van der Waals surface area contributed by atoms with Gasteiger partial charge in [0.15, 0.2) is 0 Å². The minimum Gasteiger partial charge on any atom is -0.381 e. The molecule has 1 fully saturated rings. The van der Waals surface area contributed by atoms with Crippen LogP contribution in [0.25, 0.3) is 0 Å². The van der Waals surface area contributed by atoms with E-state index in [2.05, 4.69) is 21.8 Å². The molecule has 0 atom stereocenters. The van der Waals surface area contributed by atoms with Crippen LogP contribution in [0.15, 0.2) is 12.5 Å². The van der Waals surface area contributed by atoms with Crippen LogP contribution in [0.4, 0.5) is 0 Å². The predicted molar refractivity (Wildman–Crippen MR) is 63.2 cm³/mol. The van der Waals surface area contributed by atoms with Gasteiger partial charge < -0.3 is 14.6 Å². The normalized spacial score (nSPS) is 24.4. The van der Waals surface area contributed by atoms with Crippen molar-refractivity contribution in [3.63, 3.8) is 0 Å². The summed E-state index contributed by atoms with van der Waals surface area (Å²) < 4.78 is 7.48. The van der Waals surface area contributed by atoms with Crippen LogP contribution < -0.4 is 5.32 Å². The molecular weight excluding hydrogens is 202 g/mol. The molecule has 4 heteroatoms. The van der Waals surface area contributed by atoms with E-state index in [1.54, 1.807) is 7.11 Å². The van der Waals surface area contributed by atoms with Crippen LogP contribution in [0.1, 0.15) is 31.9 Å². The van der Waals surface area contributed by atoms with E-state index in [4.69, 9.17) is 4.74 Å². The van der Waals surface area contributed by atoms with Crippen LogP contribution >= 0.6 is 0 Å². The average Bonchev–Trinajstić information content (AvgIpc) is 2.64. The van der Waals surface area contributed by atoms with Gasteiger partial charge in [-0.2, -0.15) is 0 Å². The molecule has 0 aliphatic heterocycles. The molecule has 90 valence electrons. The summed E-state index contributed by atoms with van der Waals surface area (Å²) in [6.07, 6.45) is 7.77. The molecule has 1 aromatic heterocycles. The molecule has 0 bridgehead atoms. The van der Waals surface area contributed by atoms with Gasteiger partial charge in [-0.1, -0.05) is 6.92 Å². The van der Waals surface area contributed by atoms with Crippen molar-refractivity contribution in [2.75, 3.05) is 7.11 Å². The van der Waals surface area contributed by atoms with Crippen molar-refractivity contribution >= 4 is 0 Å². The topological polar surface area (TPSA) is 39.1 Å². The molecule has 0 saturated heterocycles. The van der Waals surface area contributed by atoms with Crippen LogP contribution in [-0.2, 0) is 17.8 Å². The summed E-state index contributed by atoms with van der Waals surface area (Å²) in [7, 11) is 1.79. The number of rotatable bonds is 6. The third-order valence-corrected chi connectivity index (χ3v) is 3.26. The Hall–Kier alpha value is -0.870. The number of ether oxygens (including phenoxy) is 1. The molecule has 1 saturated carbocycles. The molecule has 1 aliphatic carbocycles. The molecule has 1 N–H and O–H groups in total. The molecule has 0 radical (unpaired) electrons. The van der Waals surface area contributed by atoms with Crippen molar-refractivity contribution in [1.82, 2.24) is 14.9 Å². The number of hydrogen-bond donors (Lipinski definition) is 1. The van der Waals surface area contributed by atoms with Gasteiger partial charge in [-0.3, -0.25) is 0 Å². The monoisotopic (exact) mass is 223 g/mol. The maximum absolute atomic E-state index is 5.26. The number of aryl methyl sites for hydroxylation is 1. The van der Waals surface area contributed by atoms with Crippen molar-refractivity contribution < 1.29 is 4.74 Å². The highest BCUT2D eigenvalue weighted by Crippen LogP contribution is 2.22. The van der Waals surface area contributed by atoms with Gasteiger partial charge in [-0.05, 0) is 19.3 Å². The highest BCUT2D eigenvalue weighted by Gasteiger charge is 2.28. The SMILES string of the molecule is CCCn1cncc1CNC1CC(OC)C1. The number of imidazole rings is 1. The van der Waals surface area contributed by atoms with Crippen molar-refractivity contribution in [2.45, 2.75) is 51.4 Å². The largest absolute Gasteiger partial charge is 0.381 e. The van der Waals surface area contributed by atoms with Gasteiger partial charge in [-0.15, -0.1) is 0 Å². The lowest BCUT2D eigenvalue weighted by Crippen LogP contribution is -2.44. The second-order valence-corrected chi connectivity index (χ2v) is 4.49. The summed E-state index contributed by atoms with van der Waals surface area (Å²) in [5.74, 6) is 0. The van der Waals surface area contributed by atoms with Crippen molar-refractivity contribution in [3.05, 3.63) is 18.2 Å². The molecular formula is C12H21N3O. The van der Waals surface area contributed by atoms with Crippen molar-refractivity contribution in [1.29, 1.82) is 0 Å². The maximum atomic E-state index is 5.26. The van der Waals surface area contributed by atoms with Gasteiger partial charge in [0.25, 0.3) is 0 Å². The van der Waals surface area contributed by atoms with Crippen LogP contribution in [0.5, 0.6) is 0 Å². The zero-order chi connectivity index (χ0) is 11.4. The highest BCUT2D eigenvalue weighted by molar-refractivity contribution is 4.99. The molecule has 1 aromatic rings. The predicted octanol–water partition coefficient (Wildman–Crippen LogP) is 1.56. The first-order chi connectivity index (χ1) is 7.83. The van der Waals surface area contributed by atoms with Crippen molar-refractivity contribution in [3.8, 4) is 0 Å². The van der Waals surface area contributed by atoms with Gasteiger partial charge in [-0.25, -0.2) is 4.98 Å². The smallest absolute Gasteiger partial charge is 0.0948 e. The molecule has 2 rings (SSSR count). The van der Waals surface area contributed by atoms with E-state index < -0.39 is 0 Å². The summed E-state index contributed by atoms with van der Waals surface area (Å²) in [5, 5.41) is 3.54. The first kappa shape index (κ1) is 11.6. The number of methoxy groups -OCH3 is 1. The first-order valence-corrected chi connectivity index (χ1v) is 6.08. The molecule has 4 nitrogen and oxygen atoms in total. The summed E-state index contributed by atoms with van der Waals surface area (Å²) in [6.45, 7) is 4.16. The fourth-order valence-electron chi connectivity index (χ4n) is 2.11. The summed E-state index contributed by atoms with van der Waals surface area (Å²) in [6, 6.07) is 0.620. The molecule has 0 amide bonds. The maximum Gasteiger partial charge on any atom is 0.0948 e. The fourth-order valence-corrected chi connectivity index (χ4v) is 2.11. The van der Waals surface area contributed by atoms with Crippen LogP contribution in [0, 0.1) is 0 Å². The Morgan fingerprint density at radius 2 is 2.38 bits per heavy atom. The Kier molecular flexibility index (Phi) is 3.96. The Labute approximate surface area is 97.0 Å². The summed E-state index contributed by atoms with van der Waals surface area (Å²) in [4.78, 5) is 4.19. The van der Waals surface area contributed by atoms with Crippen LogP contribution in [-0.4, -0.2) is 28.8 Å². The van der Waals surface area contributed by atoms with Gasteiger partial charge in [0, 0.05) is 32.4 Å². The van der Waals surface area contributed by atoms with E-state index in [-0.39, 0.29) is 0 Å². The quantitative estimate of drug-likeness (QED) is 0.795. The fraction of sp³-hybridized carbons (Fsp3) is 0.750. The van der Waals surface area contributed by atoms with E-state index in [1.807, 2.05) is 12.5 Å². The molecule has 0 unspecified atom stereocenters. The van der Waals surface area contributed by atoms with Crippen LogP contribution in [0.2, 0.25) is 0 Å². The van der Waals surface area contributed by atoms with E-state index in [9.17, 15) is 0 Å². The Bertz CT molecular complexity index is 318. The second-order valence-electron chi connectivity index (χ2n) is 4.49. The molecule has 1 aliphatic rings. The molecule has 0 spiro atoms. The van der Waals surface area contributed by atoms with Gasteiger partial charge >= 0.3 is 0 Å². The third kappa shape index (κ3) is 2.62. The van der Waals surface area contributed by atoms with E-state index in [0.717, 1.165) is 32.4 Å². The zero-order valence-electron chi connectivity index (χ0n) is 10.1. The van der Waals surface area contributed by atoms with E-state index in [0.29, 0.717) is 12.1 Å². The van der Waals surface area contributed by atoms with E-state index in [1.165, 1.54) is 5.69 Å². The molecule has 1 heterocycles. The summed E-state index contributed by atoms with van der Waals surface area (Å²) >= 11 is 0. The zero-order valence-corrected chi connectivity index (χ0v) is 10.1. The number of nitrogens with one attached hydrogen (secondary N) is 1. The first-order valence-electron chi connectivity index (χ1n) is 6.08. The standard InChI is InChI=1S/C12H21N3O/c1-3-4-15-9-13-7-11(15)8-14-10-5-12(6-10)16-2/h7,9-10,12,14H,3-6,8H2,1-2H3. The minimum atomic E-state index is 0.470. The number of aromatic nitrogens is 2. The Balaban J connectivity index is 1.75. The lowest BCUT2D eigenvalue weighted by molar-refractivity contribution is 0.0168. The third-order valence-electron chi connectivity index (χ3n) is 3.26. The van der Waals surface area contributed by atoms with Crippen molar-refractivity contribution in [2.24, 2.45) is 0 Å². The van der Waals surface area contributed by atoms with Gasteiger partial charge in [0.05, 0.1) is 18.1 Å². The lowest BCUT2D eigenvalue weighted by atomic mass is 9.89. The lowest BCUT2D eigenvalue weighted by Gasteiger charge is -2.34. The Morgan fingerprint density at radius 3 is 3.06 bits per heavy atom. The highest BCUT2D eigenvalue weighted by atomic mass is 16.5. The van der Waals surface area contributed by atoms with E-state index >= 15 is 0 Å². The average molecular weight is 223 g/mol. The molecule has 0 aromatic carbocycles. The summed E-state index contributed by atoms with van der Waals surface area (Å²) in [5.41, 5.74) is 1.28. The second kappa shape index (κ2) is 5.46. The number of hydrogen-bond acceptors (Lipinski definition) is 3. The molecule has 16 heavy (non-hydrogen) atoms. The Morgan fingerprint density at radius 1 is 1.56 bits per heavy atom. The van der Waals surface area contributed by atoms with Gasteiger partial charge in [0.1, 0.15) is 0 Å².